The lowest BCUT2D eigenvalue weighted by Gasteiger charge is -2.45. The molecule has 1 aromatic rings. The summed E-state index contributed by atoms with van der Waals surface area (Å²) >= 11 is 0. The quantitative estimate of drug-likeness (QED) is 0.0383. The van der Waals surface area contributed by atoms with Gasteiger partial charge in [-0.1, -0.05) is 12.1 Å². The number of carbonyl (C=O) groups is 7. The molecule has 2 aliphatic rings. The van der Waals surface area contributed by atoms with Crippen LogP contribution in [0.15, 0.2) is 18.3 Å². The Labute approximate surface area is 389 Å². The summed E-state index contributed by atoms with van der Waals surface area (Å²) in [4.78, 5) is 83.5. The van der Waals surface area contributed by atoms with Gasteiger partial charge in [-0.05, 0) is 6.42 Å². The number of amides is 5. The van der Waals surface area contributed by atoms with Gasteiger partial charge in [0.1, 0.15) is 17.8 Å². The largest absolute Gasteiger partial charge is 0.456 e. The Morgan fingerprint density at radius 1 is 0.642 bits per heavy atom. The summed E-state index contributed by atoms with van der Waals surface area (Å²) in [5.41, 5.74) is 0.656. The zero-order valence-electron chi connectivity index (χ0n) is 38.8. The highest BCUT2D eigenvalue weighted by atomic mass is 16.7. The van der Waals surface area contributed by atoms with Crippen LogP contribution in [0.5, 0.6) is 0 Å². The van der Waals surface area contributed by atoms with Gasteiger partial charge < -0.3 is 68.1 Å². The first-order chi connectivity index (χ1) is 32.4. The minimum Gasteiger partial charge on any atom is -0.456 e. The molecule has 25 heteroatoms. The van der Waals surface area contributed by atoms with Crippen LogP contribution in [-0.4, -0.2) is 204 Å². The molecule has 67 heavy (non-hydrogen) atoms. The van der Waals surface area contributed by atoms with E-state index in [-0.39, 0.29) is 70.8 Å². The molecule has 3 heterocycles. The second-order valence-electron chi connectivity index (χ2n) is 14.8. The standard InChI is InChI=1S/C42H67N7O18/c1-5-34-40(65-31(3)51)41(66-32(4)52)39(45-30(2)50)42(67-34)64-27-26-62-23-21-60-17-13-48-28-33(46-47-48)29-63-25-24-61-22-20-59-16-11-44-36(54)9-14-57-18-19-58-15-10-43-35(53)8-12-49-37(55)6-7-38(49)56/h6-7,28,34,39-42H,5,8-27,29H2,1-4H3,(H,43,53)(H,44,54)(H,45,50)/t34?,39-,40-,41?,42+/m1/s1. The third-order valence-electron chi connectivity index (χ3n) is 9.39. The molecular formula is C42H67N7O18. The summed E-state index contributed by atoms with van der Waals surface area (Å²) in [7, 11) is 0. The van der Waals surface area contributed by atoms with E-state index in [1.807, 2.05) is 6.92 Å². The van der Waals surface area contributed by atoms with E-state index in [2.05, 4.69) is 26.3 Å². The topological polar surface area (TPSA) is 291 Å². The lowest BCUT2D eigenvalue weighted by atomic mass is 9.94. The number of ether oxygens (including phenoxy) is 11. The maximum atomic E-state index is 12.0. The lowest BCUT2D eigenvalue weighted by molar-refractivity contribution is -0.273. The van der Waals surface area contributed by atoms with Gasteiger partial charge in [-0.2, -0.15) is 0 Å². The molecule has 0 radical (unpaired) electrons. The maximum Gasteiger partial charge on any atom is 0.303 e. The fourth-order valence-electron chi connectivity index (χ4n) is 6.32. The molecule has 1 saturated heterocycles. The number of hydrogen-bond donors (Lipinski definition) is 3. The van der Waals surface area contributed by atoms with Crippen molar-refractivity contribution in [3.8, 4) is 0 Å². The molecule has 378 valence electrons. The highest BCUT2D eigenvalue weighted by molar-refractivity contribution is 6.13. The van der Waals surface area contributed by atoms with Gasteiger partial charge in [-0.15, -0.1) is 5.10 Å². The zero-order chi connectivity index (χ0) is 48.7. The van der Waals surface area contributed by atoms with Crippen LogP contribution in [0.4, 0.5) is 0 Å². The van der Waals surface area contributed by atoms with Gasteiger partial charge in [0.2, 0.25) is 17.7 Å². The van der Waals surface area contributed by atoms with E-state index in [4.69, 9.17) is 52.1 Å². The van der Waals surface area contributed by atoms with Crippen LogP contribution in [0.25, 0.3) is 0 Å². The second-order valence-corrected chi connectivity index (χ2v) is 14.8. The van der Waals surface area contributed by atoms with E-state index >= 15 is 0 Å². The Balaban J connectivity index is 1.08. The summed E-state index contributed by atoms with van der Waals surface area (Å²) < 4.78 is 63.1. The number of hydrogen-bond acceptors (Lipinski definition) is 20. The van der Waals surface area contributed by atoms with Crippen LogP contribution >= 0.6 is 0 Å². The van der Waals surface area contributed by atoms with E-state index < -0.39 is 60.3 Å². The molecule has 1 aromatic heterocycles. The summed E-state index contributed by atoms with van der Waals surface area (Å²) in [5.74, 6) is -2.90. The first kappa shape index (κ1) is 56.3. The van der Waals surface area contributed by atoms with Crippen LogP contribution in [0, 0.1) is 0 Å². The predicted octanol–water partition coefficient (Wildman–Crippen LogP) is -1.65. The Bertz CT molecular complexity index is 1680. The molecule has 2 unspecified atom stereocenters. The van der Waals surface area contributed by atoms with Gasteiger partial charge in [-0.25, -0.2) is 4.68 Å². The van der Waals surface area contributed by atoms with Crippen LogP contribution < -0.4 is 16.0 Å². The van der Waals surface area contributed by atoms with Gasteiger partial charge in [-0.3, -0.25) is 38.5 Å². The highest BCUT2D eigenvalue weighted by Gasteiger charge is 2.50. The lowest BCUT2D eigenvalue weighted by Crippen LogP contribution is -2.65. The number of carbonyl (C=O) groups excluding carboxylic acids is 7. The second kappa shape index (κ2) is 33.5. The van der Waals surface area contributed by atoms with Crippen molar-refractivity contribution in [2.75, 3.05) is 112 Å². The van der Waals surface area contributed by atoms with Crippen molar-refractivity contribution in [2.24, 2.45) is 0 Å². The van der Waals surface area contributed by atoms with E-state index in [0.717, 1.165) is 4.90 Å². The SMILES string of the molecule is CCC1O[C@H](OCCOCCOCCn2cc(COCCOCCOCCNC(=O)CCOCCOCCNC(=O)CCN3C(=O)C=CC3=O)nn2)[C@H](NC(C)=O)C(OC(C)=O)[C@@H]1OC(C)=O. The van der Waals surface area contributed by atoms with Gasteiger partial charge in [0.15, 0.2) is 18.5 Å². The number of aromatic nitrogens is 3. The van der Waals surface area contributed by atoms with Gasteiger partial charge in [0.25, 0.3) is 11.8 Å². The minimum atomic E-state index is -1.02. The van der Waals surface area contributed by atoms with Crippen LogP contribution in [0.2, 0.25) is 0 Å². The van der Waals surface area contributed by atoms with E-state index in [0.29, 0.717) is 91.3 Å². The average Bonchev–Trinajstić information content (AvgIpc) is 3.88. The molecule has 3 N–H and O–H groups in total. The third-order valence-corrected chi connectivity index (χ3v) is 9.39. The third kappa shape index (κ3) is 24.0. The molecule has 25 nitrogen and oxygen atoms in total. The normalized spacial score (nSPS) is 19.1. The molecule has 0 aromatic carbocycles. The van der Waals surface area contributed by atoms with Crippen molar-refractivity contribution in [1.82, 2.24) is 35.8 Å². The Morgan fingerprint density at radius 2 is 1.16 bits per heavy atom. The van der Waals surface area contributed by atoms with Crippen molar-refractivity contribution in [1.29, 1.82) is 0 Å². The summed E-state index contributed by atoms with van der Waals surface area (Å²) in [5, 5.41) is 16.3. The van der Waals surface area contributed by atoms with Crippen LogP contribution in [0.1, 0.15) is 52.7 Å². The molecule has 5 atom stereocenters. The Hall–Kier alpha value is -4.99. The van der Waals surface area contributed by atoms with Crippen LogP contribution in [-0.2, 0) is 98.8 Å². The maximum absolute atomic E-state index is 12.0. The number of nitrogens with one attached hydrogen (secondary N) is 3. The van der Waals surface area contributed by atoms with Gasteiger partial charge in [0.05, 0.1) is 112 Å². The van der Waals surface area contributed by atoms with Crippen molar-refractivity contribution < 1.29 is 85.7 Å². The minimum absolute atomic E-state index is 0.0145. The van der Waals surface area contributed by atoms with Crippen LogP contribution in [0.3, 0.4) is 0 Å². The van der Waals surface area contributed by atoms with Crippen molar-refractivity contribution in [3.63, 3.8) is 0 Å². The molecule has 0 aliphatic carbocycles. The van der Waals surface area contributed by atoms with Crippen molar-refractivity contribution in [2.45, 2.75) is 90.8 Å². The first-order valence-electron chi connectivity index (χ1n) is 22.3. The smallest absolute Gasteiger partial charge is 0.303 e. The molecule has 0 bridgehead atoms. The molecular weight excluding hydrogens is 890 g/mol. The van der Waals surface area contributed by atoms with Crippen molar-refractivity contribution >= 4 is 41.5 Å². The number of imide groups is 1. The number of nitrogens with zero attached hydrogens (tertiary/aromatic N) is 4. The number of rotatable bonds is 37. The molecule has 0 spiro atoms. The van der Waals surface area contributed by atoms with Gasteiger partial charge in [0, 0.05) is 65.4 Å². The fourth-order valence-corrected chi connectivity index (χ4v) is 6.32. The molecule has 3 rings (SSSR count). The number of esters is 2. The summed E-state index contributed by atoms with van der Waals surface area (Å²) in [6, 6.07) is -0.931. The van der Waals surface area contributed by atoms with E-state index in [1.54, 1.807) is 10.9 Å². The highest BCUT2D eigenvalue weighted by Crippen LogP contribution is 2.29. The summed E-state index contributed by atoms with van der Waals surface area (Å²) in [6.45, 7) is 11.1. The molecule has 1 fully saturated rings. The fraction of sp³-hybridized carbons (Fsp3) is 0.738. The van der Waals surface area contributed by atoms with Crippen molar-refractivity contribution in [3.05, 3.63) is 24.0 Å². The zero-order valence-corrected chi connectivity index (χ0v) is 38.8. The Kier molecular flexibility index (Phi) is 28.1. The average molecular weight is 958 g/mol. The van der Waals surface area contributed by atoms with E-state index in [9.17, 15) is 33.6 Å². The Morgan fingerprint density at radius 3 is 1.75 bits per heavy atom. The monoisotopic (exact) mass is 957 g/mol. The van der Waals surface area contributed by atoms with Gasteiger partial charge >= 0.3 is 11.9 Å². The first-order valence-corrected chi connectivity index (χ1v) is 22.3. The molecule has 2 aliphatic heterocycles. The molecule has 0 saturated carbocycles. The summed E-state index contributed by atoms with van der Waals surface area (Å²) in [6.07, 6.45) is 1.15. The molecule has 5 amide bonds. The van der Waals surface area contributed by atoms with E-state index in [1.165, 1.54) is 32.9 Å². The predicted molar refractivity (Wildman–Crippen MR) is 229 cm³/mol.